The van der Waals surface area contributed by atoms with E-state index >= 15 is 0 Å². The highest BCUT2D eigenvalue weighted by Crippen LogP contribution is 2.40. The Hall–Kier alpha value is -2.78. The zero-order valence-electron chi connectivity index (χ0n) is 14.2. The van der Waals surface area contributed by atoms with Crippen LogP contribution in [0.25, 0.3) is 0 Å². The summed E-state index contributed by atoms with van der Waals surface area (Å²) in [5, 5.41) is 16.0. The molecular weight excluding hydrogens is 332 g/mol. The smallest absolute Gasteiger partial charge is 0.171 e. The molecule has 0 bridgehead atoms. The lowest BCUT2D eigenvalue weighted by molar-refractivity contribution is 0.0697. The molecule has 5 nitrogen and oxygen atoms in total. The predicted molar refractivity (Wildman–Crippen MR) is 103 cm³/mol. The summed E-state index contributed by atoms with van der Waals surface area (Å²) in [4.78, 5) is 0. The second-order valence-corrected chi connectivity index (χ2v) is 7.12. The number of nitrogen functional groups attached to an aromatic ring is 1. The zero-order chi connectivity index (χ0) is 18.0. The molecule has 0 saturated heterocycles. The molecule has 0 spiro atoms. The molecule has 1 aliphatic heterocycles. The van der Waals surface area contributed by atoms with E-state index in [0.29, 0.717) is 16.4 Å². The molecule has 1 heterocycles. The Kier molecular flexibility index (Phi) is 4.51. The van der Waals surface area contributed by atoms with Gasteiger partial charge in [-0.25, -0.2) is 0 Å². The maximum Gasteiger partial charge on any atom is 0.171 e. The van der Waals surface area contributed by atoms with Gasteiger partial charge in [-0.1, -0.05) is 6.07 Å². The molecule has 0 radical (unpaired) electrons. The van der Waals surface area contributed by atoms with Crippen molar-refractivity contribution in [1.29, 1.82) is 5.26 Å². The first kappa shape index (κ1) is 17.1. The average Bonchev–Trinajstić information content (AvgIpc) is 2.55. The van der Waals surface area contributed by atoms with Gasteiger partial charge in [-0.05, 0) is 62.5 Å². The van der Waals surface area contributed by atoms with Crippen LogP contribution in [-0.4, -0.2) is 10.7 Å². The molecule has 1 aliphatic rings. The number of thiocarbonyl (C=S) groups is 1. The number of benzene rings is 2. The van der Waals surface area contributed by atoms with Gasteiger partial charge in [0.15, 0.2) is 5.11 Å². The second kappa shape index (κ2) is 6.61. The van der Waals surface area contributed by atoms with Gasteiger partial charge in [0.1, 0.15) is 11.4 Å². The first-order chi connectivity index (χ1) is 11.9. The van der Waals surface area contributed by atoms with Crippen molar-refractivity contribution in [3.05, 3.63) is 53.6 Å². The number of nitrogens with zero attached hydrogens (tertiary/aromatic N) is 1. The first-order valence-electron chi connectivity index (χ1n) is 8.02. The number of nitrogens with one attached hydrogen (secondary N) is 2. The van der Waals surface area contributed by atoms with Crippen molar-refractivity contribution in [2.24, 2.45) is 0 Å². The molecular formula is C19H20N4OS. The Morgan fingerprint density at radius 3 is 2.88 bits per heavy atom. The van der Waals surface area contributed by atoms with Crippen LogP contribution in [0.2, 0.25) is 0 Å². The number of nitrogens with two attached hydrogens (primary N) is 1. The Morgan fingerprint density at radius 1 is 1.32 bits per heavy atom. The fourth-order valence-electron chi connectivity index (χ4n) is 2.99. The van der Waals surface area contributed by atoms with Crippen LogP contribution in [0.3, 0.4) is 0 Å². The fourth-order valence-corrected chi connectivity index (χ4v) is 3.25. The largest absolute Gasteiger partial charge is 0.487 e. The summed E-state index contributed by atoms with van der Waals surface area (Å²) in [6.07, 6.45) is 0.753. The lowest BCUT2D eigenvalue weighted by atomic mass is 9.89. The number of ether oxygens (including phenoxy) is 1. The highest BCUT2D eigenvalue weighted by molar-refractivity contribution is 7.80. The standard InChI is InChI=1S/C19H20N4OS/c1-19(2)10-16(15-9-13(21)6-7-17(15)24-19)23-18(25)22-14-5-3-4-12(8-14)11-20/h3-9,16H,10,21H2,1-2H3,(H2,22,23,25). The average molecular weight is 352 g/mol. The van der Waals surface area contributed by atoms with Crippen molar-refractivity contribution in [3.63, 3.8) is 0 Å². The van der Waals surface area contributed by atoms with Crippen molar-refractivity contribution in [2.45, 2.75) is 31.9 Å². The molecule has 0 saturated carbocycles. The predicted octanol–water partition coefficient (Wildman–Crippen LogP) is 3.73. The van der Waals surface area contributed by atoms with Crippen LogP contribution in [0.5, 0.6) is 5.75 Å². The first-order valence-corrected chi connectivity index (χ1v) is 8.43. The van der Waals surface area contributed by atoms with Crippen molar-refractivity contribution in [3.8, 4) is 11.8 Å². The molecule has 25 heavy (non-hydrogen) atoms. The lowest BCUT2D eigenvalue weighted by Gasteiger charge is -2.38. The lowest BCUT2D eigenvalue weighted by Crippen LogP contribution is -2.42. The summed E-state index contributed by atoms with van der Waals surface area (Å²) in [6.45, 7) is 4.10. The molecule has 3 rings (SSSR count). The Balaban J connectivity index is 1.78. The minimum absolute atomic E-state index is 0.0126. The van der Waals surface area contributed by atoms with Crippen LogP contribution in [0.1, 0.15) is 37.4 Å². The summed E-state index contributed by atoms with van der Waals surface area (Å²) in [5.74, 6) is 0.817. The number of anilines is 2. The van der Waals surface area contributed by atoms with Crippen LogP contribution < -0.4 is 21.1 Å². The third-order valence-corrected chi connectivity index (χ3v) is 4.27. The third-order valence-electron chi connectivity index (χ3n) is 4.05. The summed E-state index contributed by atoms with van der Waals surface area (Å²) >= 11 is 5.46. The molecule has 6 heteroatoms. The van der Waals surface area contributed by atoms with Crippen LogP contribution >= 0.6 is 12.2 Å². The van der Waals surface area contributed by atoms with E-state index in [1.165, 1.54) is 0 Å². The van der Waals surface area contributed by atoms with Crippen LogP contribution in [-0.2, 0) is 0 Å². The molecule has 1 atom stereocenters. The van der Waals surface area contributed by atoms with Gasteiger partial charge >= 0.3 is 0 Å². The highest BCUT2D eigenvalue weighted by atomic mass is 32.1. The molecule has 0 fully saturated rings. The molecule has 4 N–H and O–H groups in total. The summed E-state index contributed by atoms with van der Waals surface area (Å²) in [7, 11) is 0. The maximum atomic E-state index is 9.00. The summed E-state index contributed by atoms with van der Waals surface area (Å²) in [6, 6.07) is 14.9. The minimum atomic E-state index is -0.308. The van der Waals surface area contributed by atoms with E-state index in [1.807, 2.05) is 44.2 Å². The van der Waals surface area contributed by atoms with Crippen molar-refractivity contribution in [1.82, 2.24) is 5.32 Å². The number of fused-ring (bicyclic) bond motifs is 1. The molecule has 2 aromatic rings. The molecule has 2 aromatic carbocycles. The van der Waals surface area contributed by atoms with Gasteiger partial charge in [-0.3, -0.25) is 0 Å². The van der Waals surface area contributed by atoms with Crippen molar-refractivity contribution < 1.29 is 4.74 Å². The minimum Gasteiger partial charge on any atom is -0.487 e. The number of nitriles is 1. The van der Waals surface area contributed by atoms with Crippen molar-refractivity contribution >= 4 is 28.7 Å². The fraction of sp³-hybridized carbons (Fsp3) is 0.263. The van der Waals surface area contributed by atoms with Gasteiger partial charge in [0, 0.05) is 23.4 Å². The molecule has 128 valence electrons. The summed E-state index contributed by atoms with van der Waals surface area (Å²) < 4.78 is 6.04. The van der Waals surface area contributed by atoms with Gasteiger partial charge in [0.05, 0.1) is 17.7 Å². The molecule has 0 aliphatic carbocycles. The monoisotopic (exact) mass is 352 g/mol. The summed E-state index contributed by atoms with van der Waals surface area (Å²) in [5.41, 5.74) is 8.67. The highest BCUT2D eigenvalue weighted by Gasteiger charge is 2.34. The van der Waals surface area contributed by atoms with E-state index in [2.05, 4.69) is 16.7 Å². The SMILES string of the molecule is CC1(C)CC(NC(=S)Nc2cccc(C#N)c2)c2cc(N)ccc2O1. The number of hydrogen-bond acceptors (Lipinski definition) is 4. The molecule has 0 aromatic heterocycles. The van der Waals surface area contributed by atoms with Gasteiger partial charge in [0.25, 0.3) is 0 Å². The van der Waals surface area contributed by atoms with Gasteiger partial charge in [-0.2, -0.15) is 5.26 Å². The Morgan fingerprint density at radius 2 is 2.12 bits per heavy atom. The van der Waals surface area contributed by atoms with E-state index in [-0.39, 0.29) is 11.6 Å². The van der Waals surface area contributed by atoms with E-state index < -0.39 is 0 Å². The third kappa shape index (κ3) is 4.01. The van der Waals surface area contributed by atoms with Crippen LogP contribution in [0.4, 0.5) is 11.4 Å². The van der Waals surface area contributed by atoms with Crippen LogP contribution in [0, 0.1) is 11.3 Å². The Bertz CT molecular complexity index is 857. The maximum absolute atomic E-state index is 9.00. The number of rotatable bonds is 2. The topological polar surface area (TPSA) is 83.1 Å². The molecule has 1 unspecified atom stereocenters. The van der Waals surface area contributed by atoms with Crippen molar-refractivity contribution in [2.75, 3.05) is 11.1 Å². The van der Waals surface area contributed by atoms with E-state index in [9.17, 15) is 0 Å². The zero-order valence-corrected chi connectivity index (χ0v) is 15.0. The van der Waals surface area contributed by atoms with Crippen LogP contribution in [0.15, 0.2) is 42.5 Å². The van der Waals surface area contributed by atoms with Gasteiger partial charge < -0.3 is 21.1 Å². The van der Waals surface area contributed by atoms with E-state index in [0.717, 1.165) is 23.4 Å². The van der Waals surface area contributed by atoms with Gasteiger partial charge in [-0.15, -0.1) is 0 Å². The molecule has 0 amide bonds. The number of hydrogen-bond donors (Lipinski definition) is 3. The second-order valence-electron chi connectivity index (χ2n) is 6.71. The van der Waals surface area contributed by atoms with Gasteiger partial charge in [0.2, 0.25) is 0 Å². The Labute approximate surface area is 152 Å². The quantitative estimate of drug-likeness (QED) is 0.564. The normalized spacial score (nSPS) is 17.6. The van der Waals surface area contributed by atoms with E-state index in [4.69, 9.17) is 28.0 Å². The van der Waals surface area contributed by atoms with E-state index in [1.54, 1.807) is 12.1 Å².